The molecule has 0 aliphatic carbocycles. The molecule has 2 atom stereocenters. The fourth-order valence-corrected chi connectivity index (χ4v) is 2.02. The number of rotatable bonds is 0. The van der Waals surface area contributed by atoms with Crippen LogP contribution in [0.5, 0.6) is 0 Å². The number of hydrogen-bond acceptors (Lipinski definition) is 3. The molecule has 0 unspecified atom stereocenters. The summed E-state index contributed by atoms with van der Waals surface area (Å²) in [6.45, 7) is 1.52. The normalized spacial score (nSPS) is 35.6. The van der Waals surface area contributed by atoms with Crippen molar-refractivity contribution in [3.63, 3.8) is 0 Å². The summed E-state index contributed by atoms with van der Waals surface area (Å²) in [5.41, 5.74) is 0. The number of likely N-dealkylation sites (tertiary alicyclic amines) is 1. The number of carbonyl (C=O) groups excluding carboxylic acids is 2. The average molecular weight is 168 g/mol. The monoisotopic (exact) mass is 168 g/mol. The van der Waals surface area contributed by atoms with Crippen LogP contribution >= 0.6 is 0 Å². The third-order valence-electron chi connectivity index (χ3n) is 2.78. The van der Waals surface area contributed by atoms with E-state index in [9.17, 15) is 9.59 Å². The van der Waals surface area contributed by atoms with Gasteiger partial charge in [-0.05, 0) is 13.0 Å². The van der Waals surface area contributed by atoms with Crippen LogP contribution in [-0.4, -0.2) is 36.9 Å². The molecule has 2 aliphatic rings. The van der Waals surface area contributed by atoms with Gasteiger partial charge in [-0.25, -0.2) is 0 Å². The summed E-state index contributed by atoms with van der Waals surface area (Å²) in [7, 11) is 1.57. The number of amides is 2. The van der Waals surface area contributed by atoms with Crippen molar-refractivity contribution in [2.75, 3.05) is 20.1 Å². The first-order valence-electron chi connectivity index (χ1n) is 4.24. The Kier molecular flexibility index (Phi) is 1.65. The van der Waals surface area contributed by atoms with Crippen molar-refractivity contribution < 1.29 is 9.59 Å². The summed E-state index contributed by atoms with van der Waals surface area (Å²) < 4.78 is 0. The second kappa shape index (κ2) is 2.55. The lowest BCUT2D eigenvalue weighted by Crippen LogP contribution is -2.38. The SMILES string of the molecule is CN1C(=O)[C@H]2CNCC[C@H]2C1=O. The predicted molar refractivity (Wildman–Crippen MR) is 42.2 cm³/mol. The number of fused-ring (bicyclic) bond motifs is 1. The van der Waals surface area contributed by atoms with E-state index in [2.05, 4.69) is 5.32 Å². The molecule has 0 aromatic carbocycles. The van der Waals surface area contributed by atoms with E-state index in [1.54, 1.807) is 7.05 Å². The topological polar surface area (TPSA) is 49.4 Å². The molecule has 12 heavy (non-hydrogen) atoms. The minimum atomic E-state index is -0.0868. The smallest absolute Gasteiger partial charge is 0.234 e. The molecule has 4 heteroatoms. The first-order chi connectivity index (χ1) is 5.72. The maximum Gasteiger partial charge on any atom is 0.234 e. The molecule has 0 bridgehead atoms. The molecule has 2 aliphatic heterocycles. The van der Waals surface area contributed by atoms with Gasteiger partial charge in [0.05, 0.1) is 11.8 Å². The maximum atomic E-state index is 11.4. The minimum Gasteiger partial charge on any atom is -0.316 e. The molecule has 0 saturated carbocycles. The Morgan fingerprint density at radius 1 is 1.33 bits per heavy atom. The molecule has 0 radical (unpaired) electrons. The summed E-state index contributed by atoms with van der Waals surface area (Å²) in [5, 5.41) is 3.13. The third-order valence-corrected chi connectivity index (χ3v) is 2.78. The van der Waals surface area contributed by atoms with Crippen LogP contribution in [0.2, 0.25) is 0 Å². The molecule has 4 nitrogen and oxygen atoms in total. The second-order valence-electron chi connectivity index (χ2n) is 3.44. The van der Waals surface area contributed by atoms with E-state index in [0.717, 1.165) is 13.0 Å². The van der Waals surface area contributed by atoms with Crippen LogP contribution in [0.1, 0.15) is 6.42 Å². The second-order valence-corrected chi connectivity index (χ2v) is 3.44. The Hall–Kier alpha value is -0.900. The average Bonchev–Trinajstić information content (AvgIpc) is 2.33. The van der Waals surface area contributed by atoms with E-state index >= 15 is 0 Å². The number of piperidine rings is 1. The highest BCUT2D eigenvalue weighted by molar-refractivity contribution is 6.05. The van der Waals surface area contributed by atoms with Crippen molar-refractivity contribution in [1.29, 1.82) is 0 Å². The lowest BCUT2D eigenvalue weighted by molar-refractivity contribution is -0.138. The Balaban J connectivity index is 2.25. The lowest BCUT2D eigenvalue weighted by Gasteiger charge is -2.21. The maximum absolute atomic E-state index is 11.4. The van der Waals surface area contributed by atoms with Crippen molar-refractivity contribution in [3.05, 3.63) is 0 Å². The highest BCUT2D eigenvalue weighted by Crippen LogP contribution is 2.29. The van der Waals surface area contributed by atoms with Gasteiger partial charge in [-0.1, -0.05) is 0 Å². The molecule has 0 spiro atoms. The first-order valence-corrected chi connectivity index (χ1v) is 4.24. The van der Waals surface area contributed by atoms with Crippen molar-refractivity contribution >= 4 is 11.8 Å². The molecule has 1 N–H and O–H groups in total. The van der Waals surface area contributed by atoms with Gasteiger partial charge in [-0.15, -0.1) is 0 Å². The van der Waals surface area contributed by atoms with Gasteiger partial charge in [0.1, 0.15) is 0 Å². The van der Waals surface area contributed by atoms with Crippen LogP contribution < -0.4 is 5.32 Å². The number of nitrogens with one attached hydrogen (secondary N) is 1. The van der Waals surface area contributed by atoms with Crippen LogP contribution in [0, 0.1) is 11.8 Å². The van der Waals surface area contributed by atoms with Crippen molar-refractivity contribution in [2.45, 2.75) is 6.42 Å². The molecular formula is C8H12N2O2. The number of carbonyl (C=O) groups is 2. The van der Waals surface area contributed by atoms with E-state index in [0.29, 0.717) is 6.54 Å². The van der Waals surface area contributed by atoms with Gasteiger partial charge in [0.25, 0.3) is 0 Å². The Morgan fingerprint density at radius 3 is 2.67 bits per heavy atom. The quantitative estimate of drug-likeness (QED) is 0.482. The van der Waals surface area contributed by atoms with Gasteiger partial charge in [-0.2, -0.15) is 0 Å². The molecule has 0 aromatic rings. The Labute approximate surface area is 70.9 Å². The molecule has 2 amide bonds. The number of hydrogen-bond donors (Lipinski definition) is 1. The van der Waals surface area contributed by atoms with E-state index < -0.39 is 0 Å². The van der Waals surface area contributed by atoms with Gasteiger partial charge >= 0.3 is 0 Å². The third kappa shape index (κ3) is 0.876. The summed E-state index contributed by atoms with van der Waals surface area (Å²) in [4.78, 5) is 24.1. The lowest BCUT2D eigenvalue weighted by atomic mass is 9.89. The van der Waals surface area contributed by atoms with E-state index in [1.807, 2.05) is 0 Å². The molecule has 66 valence electrons. The summed E-state index contributed by atoms with van der Waals surface area (Å²) >= 11 is 0. The zero-order valence-corrected chi connectivity index (χ0v) is 7.04. The largest absolute Gasteiger partial charge is 0.316 e. The zero-order chi connectivity index (χ0) is 8.72. The minimum absolute atomic E-state index is 0.00602. The van der Waals surface area contributed by atoms with E-state index in [4.69, 9.17) is 0 Å². The van der Waals surface area contributed by atoms with Gasteiger partial charge in [-0.3, -0.25) is 14.5 Å². The summed E-state index contributed by atoms with van der Waals surface area (Å²) in [5.74, 6) is -0.135. The molecule has 2 rings (SSSR count). The van der Waals surface area contributed by atoms with Crippen molar-refractivity contribution in [2.24, 2.45) is 11.8 Å². The van der Waals surface area contributed by atoms with E-state index in [1.165, 1.54) is 4.90 Å². The Bertz CT molecular complexity index is 215. The first kappa shape index (κ1) is 7.73. The van der Waals surface area contributed by atoms with Crippen molar-refractivity contribution in [1.82, 2.24) is 10.2 Å². The fourth-order valence-electron chi connectivity index (χ4n) is 2.02. The highest BCUT2D eigenvalue weighted by atomic mass is 16.2. The van der Waals surface area contributed by atoms with Crippen molar-refractivity contribution in [3.8, 4) is 0 Å². The van der Waals surface area contributed by atoms with E-state index in [-0.39, 0.29) is 23.7 Å². The summed E-state index contributed by atoms with van der Waals surface area (Å²) in [6, 6.07) is 0. The molecular weight excluding hydrogens is 156 g/mol. The standard InChI is InChI=1S/C8H12N2O2/c1-10-7(11)5-2-3-9-4-6(5)8(10)12/h5-6,9H,2-4H2,1H3/t5-,6+/m1/s1. The molecule has 0 aromatic heterocycles. The number of imide groups is 1. The van der Waals surface area contributed by atoms with Crippen LogP contribution in [0.3, 0.4) is 0 Å². The van der Waals surface area contributed by atoms with Crippen LogP contribution in [0.25, 0.3) is 0 Å². The molecule has 2 fully saturated rings. The van der Waals surface area contributed by atoms with Gasteiger partial charge in [0.15, 0.2) is 0 Å². The predicted octanol–water partition coefficient (Wildman–Crippen LogP) is -0.789. The van der Waals surface area contributed by atoms with Crippen LogP contribution in [0.15, 0.2) is 0 Å². The van der Waals surface area contributed by atoms with Crippen LogP contribution in [0.4, 0.5) is 0 Å². The van der Waals surface area contributed by atoms with Gasteiger partial charge < -0.3 is 5.32 Å². The number of nitrogens with zero attached hydrogens (tertiary/aromatic N) is 1. The van der Waals surface area contributed by atoms with Gasteiger partial charge in [0, 0.05) is 13.6 Å². The Morgan fingerprint density at radius 2 is 2.00 bits per heavy atom. The van der Waals surface area contributed by atoms with Crippen LogP contribution in [-0.2, 0) is 9.59 Å². The summed E-state index contributed by atoms with van der Waals surface area (Å²) in [6.07, 6.45) is 0.805. The zero-order valence-electron chi connectivity index (χ0n) is 7.04. The molecule has 2 heterocycles. The fraction of sp³-hybridized carbons (Fsp3) is 0.750. The molecule has 2 saturated heterocycles. The van der Waals surface area contributed by atoms with Gasteiger partial charge in [0.2, 0.25) is 11.8 Å². The highest BCUT2D eigenvalue weighted by Gasteiger charge is 2.46.